The van der Waals surface area contributed by atoms with Crippen molar-refractivity contribution in [2.75, 3.05) is 0 Å². The fourth-order valence-electron chi connectivity index (χ4n) is 1.87. The number of rotatable bonds is 0. The third kappa shape index (κ3) is 1.26. The monoisotopic (exact) mass is 208 g/mol. The van der Waals surface area contributed by atoms with E-state index in [0.717, 1.165) is 10.8 Å². The van der Waals surface area contributed by atoms with Crippen LogP contribution in [-0.4, -0.2) is 10.2 Å². The zero-order valence-corrected chi connectivity index (χ0v) is 8.42. The van der Waals surface area contributed by atoms with E-state index in [1.165, 1.54) is 6.20 Å². The van der Waals surface area contributed by atoms with Gasteiger partial charge in [0.2, 0.25) is 5.43 Å². The molecule has 16 heavy (non-hydrogen) atoms. The van der Waals surface area contributed by atoms with E-state index < -0.39 is 0 Å². The lowest BCUT2D eigenvalue weighted by molar-refractivity contribution is 1.07. The molecule has 0 radical (unpaired) electrons. The summed E-state index contributed by atoms with van der Waals surface area (Å²) in [5, 5.41) is 10.2. The van der Waals surface area contributed by atoms with Gasteiger partial charge in [-0.1, -0.05) is 36.4 Å². The normalized spacial score (nSPS) is 10.8. The minimum absolute atomic E-state index is 0.0817. The van der Waals surface area contributed by atoms with Crippen LogP contribution >= 0.6 is 0 Å². The van der Waals surface area contributed by atoms with Crippen LogP contribution in [0.15, 0.2) is 53.5 Å². The van der Waals surface area contributed by atoms with Crippen LogP contribution in [0.5, 0.6) is 0 Å². The van der Waals surface area contributed by atoms with Gasteiger partial charge in [-0.25, -0.2) is 0 Å². The van der Waals surface area contributed by atoms with Gasteiger partial charge in [0.05, 0.1) is 17.1 Å². The molecule has 0 aliphatic rings. The SMILES string of the molecule is O=c1cnnc2ccc3cccccc3c12. The summed E-state index contributed by atoms with van der Waals surface area (Å²) in [4.78, 5) is 11.8. The molecule has 0 saturated heterocycles. The molecule has 0 spiro atoms. The van der Waals surface area contributed by atoms with Gasteiger partial charge in [0.15, 0.2) is 0 Å². The van der Waals surface area contributed by atoms with Gasteiger partial charge in [-0.05, 0) is 16.8 Å². The highest BCUT2D eigenvalue weighted by atomic mass is 16.1. The molecule has 2 aromatic carbocycles. The zero-order valence-electron chi connectivity index (χ0n) is 8.42. The smallest absolute Gasteiger partial charge is 0.208 e. The van der Waals surface area contributed by atoms with Crippen LogP contribution in [0.4, 0.5) is 0 Å². The predicted octanol–water partition coefficient (Wildman–Crippen LogP) is 2.14. The van der Waals surface area contributed by atoms with Crippen molar-refractivity contribution in [2.24, 2.45) is 0 Å². The van der Waals surface area contributed by atoms with E-state index >= 15 is 0 Å². The quantitative estimate of drug-likeness (QED) is 0.568. The summed E-state index contributed by atoms with van der Waals surface area (Å²) in [7, 11) is 0. The summed E-state index contributed by atoms with van der Waals surface area (Å²) in [5.41, 5.74) is 0.563. The second-order valence-corrected chi connectivity index (χ2v) is 3.58. The van der Waals surface area contributed by atoms with Crippen molar-refractivity contribution in [3.05, 3.63) is 58.9 Å². The second-order valence-electron chi connectivity index (χ2n) is 3.58. The van der Waals surface area contributed by atoms with Gasteiger partial charge in [-0.15, -0.1) is 0 Å². The molecule has 3 rings (SSSR count). The third-order valence-electron chi connectivity index (χ3n) is 2.60. The van der Waals surface area contributed by atoms with E-state index in [4.69, 9.17) is 0 Å². The molecular formula is C13H8N2O. The Kier molecular flexibility index (Phi) is 1.90. The zero-order chi connectivity index (χ0) is 11.0. The number of nitrogens with zero attached hydrogens (tertiary/aromatic N) is 2. The molecule has 3 nitrogen and oxygen atoms in total. The Morgan fingerprint density at radius 2 is 1.81 bits per heavy atom. The Morgan fingerprint density at radius 3 is 2.75 bits per heavy atom. The Labute approximate surface area is 91.4 Å². The lowest BCUT2D eigenvalue weighted by Gasteiger charge is -1.97. The highest BCUT2D eigenvalue weighted by Crippen LogP contribution is 2.19. The molecule has 0 saturated carbocycles. The van der Waals surface area contributed by atoms with Gasteiger partial charge < -0.3 is 0 Å². The Hall–Kier alpha value is -2.29. The van der Waals surface area contributed by atoms with Crippen molar-refractivity contribution in [1.82, 2.24) is 10.2 Å². The molecule has 1 aromatic heterocycles. The van der Waals surface area contributed by atoms with Crippen LogP contribution in [0, 0.1) is 0 Å². The molecule has 3 heteroatoms. The molecule has 0 N–H and O–H groups in total. The van der Waals surface area contributed by atoms with Gasteiger partial charge in [-0.2, -0.15) is 10.2 Å². The fraction of sp³-hybridized carbons (Fsp3) is 0. The predicted molar refractivity (Wildman–Crippen MR) is 63.3 cm³/mol. The third-order valence-corrected chi connectivity index (χ3v) is 2.60. The van der Waals surface area contributed by atoms with Gasteiger partial charge in [0.1, 0.15) is 0 Å². The molecule has 3 aromatic rings. The molecule has 0 aliphatic heterocycles. The largest absolute Gasteiger partial charge is 0.287 e. The second kappa shape index (κ2) is 3.38. The van der Waals surface area contributed by atoms with Crippen LogP contribution in [0.25, 0.3) is 21.7 Å². The molecule has 76 valence electrons. The first kappa shape index (κ1) is 8.97. The minimum Gasteiger partial charge on any atom is -0.287 e. The first-order chi connectivity index (χ1) is 7.86. The highest BCUT2D eigenvalue weighted by molar-refractivity contribution is 6.05. The maximum Gasteiger partial charge on any atom is 0.208 e. The number of hydrogen-bond donors (Lipinski definition) is 0. The maximum atomic E-state index is 11.8. The van der Waals surface area contributed by atoms with Crippen LogP contribution < -0.4 is 5.43 Å². The summed E-state index contributed by atoms with van der Waals surface area (Å²) in [6.07, 6.45) is 1.26. The molecule has 0 unspecified atom stereocenters. The lowest BCUT2D eigenvalue weighted by Crippen LogP contribution is -2.03. The Balaban J connectivity index is 2.70. The molecule has 0 amide bonds. The van der Waals surface area contributed by atoms with Gasteiger partial charge in [0.25, 0.3) is 0 Å². The topological polar surface area (TPSA) is 42.9 Å². The summed E-state index contributed by atoms with van der Waals surface area (Å²) < 4.78 is 0. The average molecular weight is 208 g/mol. The Bertz CT molecular complexity index is 738. The summed E-state index contributed by atoms with van der Waals surface area (Å²) >= 11 is 0. The van der Waals surface area contributed by atoms with Crippen LogP contribution in [0.1, 0.15) is 0 Å². The van der Waals surface area contributed by atoms with Crippen molar-refractivity contribution in [3.8, 4) is 0 Å². The first-order valence-corrected chi connectivity index (χ1v) is 5.00. The van der Waals surface area contributed by atoms with Crippen LogP contribution in [-0.2, 0) is 0 Å². The molecule has 0 aliphatic carbocycles. The number of benzene rings is 1. The van der Waals surface area contributed by atoms with Crippen molar-refractivity contribution >= 4 is 21.7 Å². The van der Waals surface area contributed by atoms with E-state index in [2.05, 4.69) is 10.2 Å². The molecular weight excluding hydrogens is 200 g/mol. The summed E-state index contributed by atoms with van der Waals surface area (Å²) in [6, 6.07) is 13.5. The molecule has 0 fully saturated rings. The molecule has 1 heterocycles. The van der Waals surface area contributed by atoms with E-state index in [1.807, 2.05) is 42.5 Å². The van der Waals surface area contributed by atoms with E-state index in [-0.39, 0.29) is 5.43 Å². The molecule has 0 bridgehead atoms. The van der Waals surface area contributed by atoms with E-state index in [9.17, 15) is 4.79 Å². The van der Waals surface area contributed by atoms with Gasteiger partial charge in [0, 0.05) is 0 Å². The summed E-state index contributed by atoms with van der Waals surface area (Å²) in [5.74, 6) is 0. The average Bonchev–Trinajstić information content (AvgIpc) is 2.54. The van der Waals surface area contributed by atoms with Gasteiger partial charge >= 0.3 is 0 Å². The first-order valence-electron chi connectivity index (χ1n) is 5.00. The van der Waals surface area contributed by atoms with Crippen LogP contribution in [0.2, 0.25) is 0 Å². The van der Waals surface area contributed by atoms with E-state index in [0.29, 0.717) is 10.9 Å². The maximum absolute atomic E-state index is 11.8. The van der Waals surface area contributed by atoms with Crippen molar-refractivity contribution in [2.45, 2.75) is 0 Å². The minimum atomic E-state index is -0.0817. The number of fused-ring (bicyclic) bond motifs is 3. The Morgan fingerprint density at radius 1 is 0.938 bits per heavy atom. The van der Waals surface area contributed by atoms with E-state index in [1.54, 1.807) is 0 Å². The highest BCUT2D eigenvalue weighted by Gasteiger charge is 2.03. The lowest BCUT2D eigenvalue weighted by atomic mass is 10.1. The van der Waals surface area contributed by atoms with Crippen molar-refractivity contribution in [3.63, 3.8) is 0 Å². The number of aromatic nitrogens is 2. The standard InChI is InChI=1S/C13H8N2O/c16-12-8-14-15-11-7-6-9-4-2-1-3-5-10(9)13(11)12/h1-8H. The molecule has 0 atom stereocenters. The van der Waals surface area contributed by atoms with Gasteiger partial charge in [-0.3, -0.25) is 4.79 Å². The summed E-state index contributed by atoms with van der Waals surface area (Å²) in [6.45, 7) is 0. The van der Waals surface area contributed by atoms with Crippen molar-refractivity contribution < 1.29 is 0 Å². The fourth-order valence-corrected chi connectivity index (χ4v) is 1.87. The number of hydrogen-bond acceptors (Lipinski definition) is 3. The van der Waals surface area contributed by atoms with Crippen molar-refractivity contribution in [1.29, 1.82) is 0 Å². The van der Waals surface area contributed by atoms with Crippen LogP contribution in [0.3, 0.4) is 0 Å².